The van der Waals surface area contributed by atoms with Gasteiger partial charge in [-0.15, -0.1) is 0 Å². The molecule has 4 heteroatoms. The van der Waals surface area contributed by atoms with Crippen LogP contribution in [0.4, 0.5) is 11.4 Å². The van der Waals surface area contributed by atoms with E-state index in [9.17, 15) is 0 Å². The number of nitrogen functional groups attached to an aromatic ring is 1. The molecule has 3 nitrogen and oxygen atoms in total. The van der Waals surface area contributed by atoms with Crippen molar-refractivity contribution in [2.24, 2.45) is 0 Å². The Morgan fingerprint density at radius 2 is 2.00 bits per heavy atom. The minimum atomic E-state index is 0.789. The summed E-state index contributed by atoms with van der Waals surface area (Å²) in [5, 5.41) is 0. The van der Waals surface area contributed by atoms with E-state index in [1.165, 1.54) is 11.1 Å². The van der Waals surface area contributed by atoms with Crippen LogP contribution in [0.15, 0.2) is 40.9 Å². The highest BCUT2D eigenvalue weighted by Gasteiger charge is 2.10. The molecule has 0 atom stereocenters. The fraction of sp³-hybridized carbons (Fsp3) is 0.250. The quantitative estimate of drug-likeness (QED) is 0.859. The predicted molar refractivity (Wildman–Crippen MR) is 88.4 cm³/mol. The molecule has 2 N–H and O–H groups in total. The Bertz CT molecular complexity index is 593. The van der Waals surface area contributed by atoms with Gasteiger partial charge in [0.15, 0.2) is 0 Å². The highest BCUT2D eigenvalue weighted by Crippen LogP contribution is 2.29. The van der Waals surface area contributed by atoms with Crippen molar-refractivity contribution in [2.75, 3.05) is 24.8 Å². The van der Waals surface area contributed by atoms with Gasteiger partial charge in [0.1, 0.15) is 5.75 Å². The van der Waals surface area contributed by atoms with Gasteiger partial charge in [-0.25, -0.2) is 0 Å². The van der Waals surface area contributed by atoms with Crippen molar-refractivity contribution in [3.63, 3.8) is 0 Å². The smallest absolute Gasteiger partial charge is 0.133 e. The maximum atomic E-state index is 6.08. The van der Waals surface area contributed by atoms with E-state index < -0.39 is 0 Å². The van der Waals surface area contributed by atoms with Gasteiger partial charge in [0.05, 0.1) is 23.0 Å². The summed E-state index contributed by atoms with van der Waals surface area (Å²) in [6.07, 6.45) is 0. The number of halogens is 1. The fourth-order valence-electron chi connectivity index (χ4n) is 2.36. The van der Waals surface area contributed by atoms with Gasteiger partial charge in [-0.2, -0.15) is 0 Å². The minimum Gasteiger partial charge on any atom is -0.496 e. The van der Waals surface area contributed by atoms with E-state index in [1.54, 1.807) is 7.11 Å². The molecule has 0 saturated carbocycles. The summed E-state index contributed by atoms with van der Waals surface area (Å²) < 4.78 is 6.21. The first-order chi connectivity index (χ1) is 9.52. The van der Waals surface area contributed by atoms with Crippen molar-refractivity contribution >= 4 is 27.3 Å². The largest absolute Gasteiger partial charge is 0.496 e. The number of para-hydroxylation sites is 1. The normalized spacial score (nSPS) is 10.4. The molecule has 0 unspecified atom stereocenters. The Morgan fingerprint density at radius 1 is 1.25 bits per heavy atom. The Labute approximate surface area is 128 Å². The van der Waals surface area contributed by atoms with E-state index in [4.69, 9.17) is 10.5 Å². The van der Waals surface area contributed by atoms with Crippen molar-refractivity contribution in [3.05, 3.63) is 52.0 Å². The topological polar surface area (TPSA) is 38.5 Å². The number of ether oxygens (including phenoxy) is 1. The number of methoxy groups -OCH3 is 1. The van der Waals surface area contributed by atoms with E-state index in [-0.39, 0.29) is 0 Å². The molecule has 0 aliphatic heterocycles. The molecule has 0 spiro atoms. The van der Waals surface area contributed by atoms with E-state index in [1.807, 2.05) is 18.2 Å². The van der Waals surface area contributed by atoms with Crippen LogP contribution in [0.1, 0.15) is 11.1 Å². The Morgan fingerprint density at radius 3 is 2.60 bits per heavy atom. The van der Waals surface area contributed by atoms with E-state index in [2.05, 4.69) is 53.0 Å². The lowest BCUT2D eigenvalue weighted by atomic mass is 10.1. The number of hydrogen-bond acceptors (Lipinski definition) is 3. The van der Waals surface area contributed by atoms with Gasteiger partial charge in [0.2, 0.25) is 0 Å². The number of anilines is 2. The number of nitrogens with zero attached hydrogens (tertiary/aromatic N) is 1. The summed E-state index contributed by atoms with van der Waals surface area (Å²) in [7, 11) is 3.72. The Balaban J connectivity index is 2.23. The summed E-state index contributed by atoms with van der Waals surface area (Å²) in [5.41, 5.74) is 10.3. The van der Waals surface area contributed by atoms with Crippen LogP contribution in [0.5, 0.6) is 5.75 Å². The number of hydrogen-bond donors (Lipinski definition) is 1. The third-order valence-electron chi connectivity index (χ3n) is 3.29. The van der Waals surface area contributed by atoms with Gasteiger partial charge in [0.25, 0.3) is 0 Å². The number of aryl methyl sites for hydroxylation is 1. The van der Waals surface area contributed by atoms with Crippen LogP contribution in [0.25, 0.3) is 0 Å². The van der Waals surface area contributed by atoms with Crippen LogP contribution < -0.4 is 15.4 Å². The van der Waals surface area contributed by atoms with Gasteiger partial charge >= 0.3 is 0 Å². The molecule has 0 aliphatic rings. The Kier molecular flexibility index (Phi) is 4.55. The predicted octanol–water partition coefficient (Wildman–Crippen LogP) is 3.98. The molecule has 2 aromatic rings. The van der Waals surface area contributed by atoms with Crippen molar-refractivity contribution in [1.29, 1.82) is 0 Å². The van der Waals surface area contributed by atoms with Crippen LogP contribution in [0, 0.1) is 6.92 Å². The van der Waals surface area contributed by atoms with E-state index >= 15 is 0 Å². The average molecular weight is 335 g/mol. The van der Waals surface area contributed by atoms with Crippen molar-refractivity contribution in [3.8, 4) is 5.75 Å². The second-order valence-electron chi connectivity index (χ2n) is 4.84. The molecule has 2 rings (SSSR count). The highest BCUT2D eigenvalue weighted by atomic mass is 79.9. The molecule has 0 amide bonds. The molecule has 0 saturated heterocycles. The standard InChI is InChI=1S/C16H19BrN2O/c1-11-5-4-6-14(18)16(11)19(2)10-12-7-8-15(20-3)13(17)9-12/h4-9H,10,18H2,1-3H3. The zero-order chi connectivity index (χ0) is 14.7. The second kappa shape index (κ2) is 6.18. The van der Waals surface area contributed by atoms with Crippen molar-refractivity contribution in [1.82, 2.24) is 0 Å². The molecular formula is C16H19BrN2O. The SMILES string of the molecule is COc1ccc(CN(C)c2c(C)cccc2N)cc1Br. The summed E-state index contributed by atoms with van der Waals surface area (Å²) in [4.78, 5) is 2.17. The van der Waals surface area contributed by atoms with Gasteiger partial charge in [-0.05, 0) is 52.2 Å². The Hall–Kier alpha value is -1.68. The average Bonchev–Trinajstić information content (AvgIpc) is 2.38. The van der Waals surface area contributed by atoms with Gasteiger partial charge < -0.3 is 15.4 Å². The third-order valence-corrected chi connectivity index (χ3v) is 3.91. The van der Waals surface area contributed by atoms with Gasteiger partial charge in [-0.3, -0.25) is 0 Å². The zero-order valence-corrected chi connectivity index (χ0v) is 13.6. The summed E-state index contributed by atoms with van der Waals surface area (Å²) in [6.45, 7) is 2.86. The second-order valence-corrected chi connectivity index (χ2v) is 5.69. The fourth-order valence-corrected chi connectivity index (χ4v) is 2.95. The minimum absolute atomic E-state index is 0.789. The molecule has 106 valence electrons. The van der Waals surface area contributed by atoms with E-state index in [0.717, 1.165) is 28.1 Å². The molecule has 0 heterocycles. The lowest BCUT2D eigenvalue weighted by molar-refractivity contribution is 0.412. The van der Waals surface area contributed by atoms with Crippen molar-refractivity contribution < 1.29 is 4.74 Å². The molecule has 0 bridgehead atoms. The van der Waals surface area contributed by atoms with Crippen LogP contribution in [0.2, 0.25) is 0 Å². The lowest BCUT2D eigenvalue weighted by Crippen LogP contribution is -2.18. The molecule has 0 fully saturated rings. The van der Waals surface area contributed by atoms with Crippen LogP contribution in [0.3, 0.4) is 0 Å². The first kappa shape index (κ1) is 14.7. The van der Waals surface area contributed by atoms with Crippen LogP contribution >= 0.6 is 15.9 Å². The summed E-state index contributed by atoms with van der Waals surface area (Å²) in [6, 6.07) is 12.1. The molecule has 0 aliphatic carbocycles. The number of rotatable bonds is 4. The number of nitrogens with two attached hydrogens (primary N) is 1. The third kappa shape index (κ3) is 3.07. The molecule has 2 aromatic carbocycles. The molecular weight excluding hydrogens is 316 g/mol. The molecule has 0 radical (unpaired) electrons. The maximum absolute atomic E-state index is 6.08. The first-order valence-corrected chi connectivity index (χ1v) is 7.21. The highest BCUT2D eigenvalue weighted by molar-refractivity contribution is 9.10. The number of benzene rings is 2. The van der Waals surface area contributed by atoms with Crippen LogP contribution in [-0.2, 0) is 6.54 Å². The van der Waals surface area contributed by atoms with Gasteiger partial charge in [-0.1, -0.05) is 18.2 Å². The van der Waals surface area contributed by atoms with Gasteiger partial charge in [0, 0.05) is 13.6 Å². The van der Waals surface area contributed by atoms with Crippen LogP contribution in [-0.4, -0.2) is 14.2 Å². The first-order valence-electron chi connectivity index (χ1n) is 6.41. The summed E-state index contributed by atoms with van der Waals surface area (Å²) >= 11 is 3.51. The lowest BCUT2D eigenvalue weighted by Gasteiger charge is -2.23. The van der Waals surface area contributed by atoms with Crippen molar-refractivity contribution in [2.45, 2.75) is 13.5 Å². The summed E-state index contributed by atoms with van der Waals surface area (Å²) in [5.74, 6) is 0.840. The molecule has 0 aromatic heterocycles. The zero-order valence-electron chi connectivity index (χ0n) is 12.0. The molecule has 20 heavy (non-hydrogen) atoms. The maximum Gasteiger partial charge on any atom is 0.133 e. The monoisotopic (exact) mass is 334 g/mol. The van der Waals surface area contributed by atoms with E-state index in [0.29, 0.717) is 0 Å².